The first kappa shape index (κ1) is 20.7. The fourth-order valence-electron chi connectivity index (χ4n) is 2.95. The van der Waals surface area contributed by atoms with Crippen LogP contribution in [0.1, 0.15) is 19.4 Å². The maximum atomic E-state index is 12.6. The topological polar surface area (TPSA) is 43.9 Å². The summed E-state index contributed by atoms with van der Waals surface area (Å²) in [7, 11) is 0. The van der Waals surface area contributed by atoms with Gasteiger partial charge < -0.3 is 0 Å². The molecule has 1 saturated heterocycles. The van der Waals surface area contributed by atoms with Crippen LogP contribution < -0.4 is 5.01 Å². The molecule has 0 spiro atoms. The monoisotopic (exact) mass is 389 g/mol. The van der Waals surface area contributed by atoms with Crippen molar-refractivity contribution < 1.29 is 22.8 Å². The Kier molecular flexibility index (Phi) is 6.70. The highest BCUT2D eigenvalue weighted by Crippen LogP contribution is 2.34. The van der Waals surface area contributed by atoms with Gasteiger partial charge in [-0.1, -0.05) is 19.9 Å². The minimum atomic E-state index is -4.24. The van der Waals surface area contributed by atoms with Gasteiger partial charge in [0, 0.05) is 11.4 Å². The molecular formula is C17H22F3N3O2S. The molecule has 0 saturated carbocycles. The molecule has 9 heteroatoms. The van der Waals surface area contributed by atoms with Crippen molar-refractivity contribution in [3.63, 3.8) is 0 Å². The third-order valence-corrected chi connectivity index (χ3v) is 5.44. The first-order valence-electron chi connectivity index (χ1n) is 8.29. The number of thioether (sulfide) groups is 1. The SMILES string of the molecule is CCN1CN(c2ccc(C)c(SCC(F)(F)F)c2)N(CC)C1C(=O)C=O. The number of nitrogens with zero attached hydrogens (tertiary/aromatic N) is 3. The molecule has 1 aliphatic heterocycles. The largest absolute Gasteiger partial charge is 0.398 e. The zero-order chi connectivity index (χ0) is 19.5. The van der Waals surface area contributed by atoms with Crippen molar-refractivity contribution in [1.29, 1.82) is 0 Å². The Labute approximate surface area is 155 Å². The van der Waals surface area contributed by atoms with Gasteiger partial charge in [-0.25, -0.2) is 0 Å². The normalized spacial score (nSPS) is 19.2. The van der Waals surface area contributed by atoms with Gasteiger partial charge in [-0.15, -0.1) is 11.8 Å². The lowest BCUT2D eigenvalue weighted by Crippen LogP contribution is -2.48. The number of hydrogen-bond acceptors (Lipinski definition) is 6. The molecule has 0 bridgehead atoms. The number of hydrazine groups is 1. The molecule has 2 rings (SSSR count). The second-order valence-electron chi connectivity index (χ2n) is 5.95. The molecule has 1 fully saturated rings. The summed E-state index contributed by atoms with van der Waals surface area (Å²) < 4.78 is 37.7. The van der Waals surface area contributed by atoms with Crippen LogP contribution in [0.25, 0.3) is 0 Å². The number of hydrogen-bond donors (Lipinski definition) is 0. The van der Waals surface area contributed by atoms with Crippen molar-refractivity contribution in [1.82, 2.24) is 9.91 Å². The minimum Gasteiger partial charge on any atom is -0.294 e. The van der Waals surface area contributed by atoms with E-state index in [4.69, 9.17) is 0 Å². The summed E-state index contributed by atoms with van der Waals surface area (Å²) in [6.07, 6.45) is -4.61. The molecule has 1 aromatic carbocycles. The van der Waals surface area contributed by atoms with Gasteiger partial charge in [-0.2, -0.15) is 18.2 Å². The summed E-state index contributed by atoms with van der Waals surface area (Å²) in [5.41, 5.74) is 1.46. The highest BCUT2D eigenvalue weighted by atomic mass is 32.2. The van der Waals surface area contributed by atoms with Crippen LogP contribution in [0.4, 0.5) is 18.9 Å². The predicted molar refractivity (Wildman–Crippen MR) is 94.9 cm³/mol. The van der Waals surface area contributed by atoms with E-state index in [9.17, 15) is 22.8 Å². The molecule has 1 aliphatic rings. The van der Waals surface area contributed by atoms with Crippen LogP contribution in [-0.2, 0) is 9.59 Å². The first-order chi connectivity index (χ1) is 12.2. The Balaban J connectivity index is 2.31. The van der Waals surface area contributed by atoms with Crippen LogP contribution >= 0.6 is 11.8 Å². The molecule has 0 aliphatic carbocycles. The van der Waals surface area contributed by atoms with Gasteiger partial charge in [-0.3, -0.25) is 19.5 Å². The third-order valence-electron chi connectivity index (χ3n) is 4.22. The third kappa shape index (κ3) is 4.57. The molecule has 1 aromatic rings. The number of aldehydes is 1. The average Bonchev–Trinajstić information content (AvgIpc) is 2.98. The number of anilines is 1. The van der Waals surface area contributed by atoms with E-state index in [1.54, 1.807) is 24.1 Å². The van der Waals surface area contributed by atoms with Crippen LogP contribution in [0, 0.1) is 6.92 Å². The predicted octanol–water partition coefficient (Wildman–Crippen LogP) is 3.08. The summed E-state index contributed by atoms with van der Waals surface area (Å²) in [5, 5.41) is 3.61. The Hall–Kier alpha value is -1.58. The van der Waals surface area contributed by atoms with Gasteiger partial charge in [-0.05, 0) is 31.2 Å². The van der Waals surface area contributed by atoms with E-state index in [-0.39, 0.29) is 0 Å². The number of alkyl halides is 3. The number of Topliss-reactive ketones (excluding diaryl/α,β-unsaturated/α-hetero) is 1. The average molecular weight is 389 g/mol. The summed E-state index contributed by atoms with van der Waals surface area (Å²) >= 11 is 0.747. The number of carbonyl (C=O) groups is 2. The number of likely N-dealkylation sites (N-methyl/N-ethyl adjacent to an activating group) is 2. The van der Waals surface area contributed by atoms with Crippen molar-refractivity contribution in [2.75, 3.05) is 30.5 Å². The van der Waals surface area contributed by atoms with E-state index in [2.05, 4.69) is 0 Å². The Bertz CT molecular complexity index is 669. The number of benzene rings is 1. The van der Waals surface area contributed by atoms with E-state index < -0.39 is 23.9 Å². The van der Waals surface area contributed by atoms with Crippen molar-refractivity contribution in [2.24, 2.45) is 0 Å². The van der Waals surface area contributed by atoms with Crippen LogP contribution in [-0.4, -0.2) is 59.8 Å². The smallest absolute Gasteiger partial charge is 0.294 e. The number of carbonyl (C=O) groups excluding carboxylic acids is 2. The summed E-state index contributed by atoms with van der Waals surface area (Å²) in [5.74, 6) is -1.49. The van der Waals surface area contributed by atoms with Crippen LogP contribution in [0.5, 0.6) is 0 Å². The molecule has 144 valence electrons. The second-order valence-corrected chi connectivity index (χ2v) is 6.97. The number of halogens is 3. The molecular weight excluding hydrogens is 367 g/mol. The maximum Gasteiger partial charge on any atom is 0.398 e. The van der Waals surface area contributed by atoms with Gasteiger partial charge in [0.1, 0.15) is 6.17 Å². The number of aryl methyl sites for hydroxylation is 1. The lowest BCUT2D eigenvalue weighted by atomic mass is 10.2. The van der Waals surface area contributed by atoms with Gasteiger partial charge in [0.2, 0.25) is 5.78 Å². The van der Waals surface area contributed by atoms with Crippen molar-refractivity contribution in [3.8, 4) is 0 Å². The van der Waals surface area contributed by atoms with E-state index in [0.717, 1.165) is 17.3 Å². The van der Waals surface area contributed by atoms with Crippen molar-refractivity contribution in [3.05, 3.63) is 23.8 Å². The van der Waals surface area contributed by atoms with Crippen LogP contribution in [0.3, 0.4) is 0 Å². The Morgan fingerprint density at radius 3 is 2.54 bits per heavy atom. The fraction of sp³-hybridized carbons (Fsp3) is 0.529. The molecule has 1 unspecified atom stereocenters. The Morgan fingerprint density at radius 2 is 2.00 bits per heavy atom. The van der Waals surface area contributed by atoms with Gasteiger partial charge in [0.25, 0.3) is 0 Å². The van der Waals surface area contributed by atoms with Crippen molar-refractivity contribution in [2.45, 2.75) is 38.0 Å². The van der Waals surface area contributed by atoms with E-state index in [1.165, 1.54) is 0 Å². The zero-order valence-corrected chi connectivity index (χ0v) is 15.7. The molecule has 0 N–H and O–H groups in total. The van der Waals surface area contributed by atoms with Crippen LogP contribution in [0.2, 0.25) is 0 Å². The standard InChI is InChI=1S/C17H22F3N3O2S/c1-4-21-11-23(22(5-2)16(21)14(25)9-24)13-7-6-12(3)15(8-13)26-10-17(18,19)20/h6-9,16H,4-5,10-11H2,1-3H3. The second kappa shape index (κ2) is 8.41. The molecule has 5 nitrogen and oxygen atoms in total. The van der Waals surface area contributed by atoms with E-state index >= 15 is 0 Å². The fourth-order valence-corrected chi connectivity index (χ4v) is 3.77. The highest BCUT2D eigenvalue weighted by Gasteiger charge is 2.41. The number of rotatable bonds is 7. The molecule has 1 heterocycles. The van der Waals surface area contributed by atoms with Gasteiger partial charge >= 0.3 is 6.18 Å². The van der Waals surface area contributed by atoms with Gasteiger partial charge in [0.15, 0.2) is 6.29 Å². The molecule has 0 amide bonds. The minimum absolute atomic E-state index is 0.319. The summed E-state index contributed by atoms with van der Waals surface area (Å²) in [6.45, 7) is 6.97. The molecule has 1 atom stereocenters. The Morgan fingerprint density at radius 1 is 1.31 bits per heavy atom. The lowest BCUT2D eigenvalue weighted by Gasteiger charge is -2.30. The highest BCUT2D eigenvalue weighted by molar-refractivity contribution is 7.99. The lowest BCUT2D eigenvalue weighted by molar-refractivity contribution is -0.136. The number of ketones is 1. The first-order valence-corrected chi connectivity index (χ1v) is 9.27. The maximum absolute atomic E-state index is 12.6. The molecule has 0 aromatic heterocycles. The molecule has 26 heavy (non-hydrogen) atoms. The van der Waals surface area contributed by atoms with Gasteiger partial charge in [0.05, 0.1) is 18.1 Å². The van der Waals surface area contributed by atoms with Crippen molar-refractivity contribution >= 4 is 29.5 Å². The zero-order valence-electron chi connectivity index (χ0n) is 14.9. The van der Waals surface area contributed by atoms with E-state index in [1.807, 2.05) is 29.8 Å². The van der Waals surface area contributed by atoms with Crippen LogP contribution in [0.15, 0.2) is 23.1 Å². The quantitative estimate of drug-likeness (QED) is 0.406. The summed E-state index contributed by atoms with van der Waals surface area (Å²) in [6, 6.07) is 5.29. The van der Waals surface area contributed by atoms with E-state index in [0.29, 0.717) is 36.6 Å². The molecule has 0 radical (unpaired) electrons. The summed E-state index contributed by atoms with van der Waals surface area (Å²) in [4.78, 5) is 25.5.